The lowest BCUT2D eigenvalue weighted by Crippen LogP contribution is -2.33. The summed E-state index contributed by atoms with van der Waals surface area (Å²) in [7, 11) is 0. The lowest BCUT2D eigenvalue weighted by Gasteiger charge is -2.10. The van der Waals surface area contributed by atoms with Gasteiger partial charge in [0.25, 0.3) is 0 Å². The van der Waals surface area contributed by atoms with E-state index in [2.05, 4.69) is 10.6 Å². The van der Waals surface area contributed by atoms with Crippen LogP contribution in [0.15, 0.2) is 30.3 Å². The Morgan fingerprint density at radius 1 is 1.35 bits per heavy atom. The molecule has 1 amide bonds. The van der Waals surface area contributed by atoms with Gasteiger partial charge in [-0.3, -0.25) is 4.79 Å². The molecule has 92 valence electrons. The van der Waals surface area contributed by atoms with Gasteiger partial charge in [-0.15, -0.1) is 0 Å². The Morgan fingerprint density at radius 3 is 2.88 bits per heavy atom. The number of rotatable bonds is 5. The van der Waals surface area contributed by atoms with E-state index in [0.717, 1.165) is 31.7 Å². The smallest absolute Gasteiger partial charge is 0.238 e. The van der Waals surface area contributed by atoms with Crippen LogP contribution in [0.2, 0.25) is 0 Å². The minimum atomic E-state index is -0.0193. The minimum absolute atomic E-state index is 0.0193. The molecular formula is C13H18N2O2. The van der Waals surface area contributed by atoms with Gasteiger partial charge >= 0.3 is 0 Å². The number of ether oxygens (including phenoxy) is 1. The maximum Gasteiger partial charge on any atom is 0.238 e. The van der Waals surface area contributed by atoms with E-state index >= 15 is 0 Å². The van der Waals surface area contributed by atoms with Crippen molar-refractivity contribution >= 4 is 11.6 Å². The number of hydrogen-bond donors (Lipinski definition) is 2. The van der Waals surface area contributed by atoms with E-state index in [1.807, 2.05) is 30.3 Å². The number of amides is 1. The van der Waals surface area contributed by atoms with Crippen molar-refractivity contribution in [2.45, 2.75) is 18.9 Å². The Hall–Kier alpha value is -1.39. The maximum atomic E-state index is 11.6. The second-order valence-corrected chi connectivity index (χ2v) is 4.18. The van der Waals surface area contributed by atoms with Gasteiger partial charge in [0.05, 0.1) is 12.6 Å². The number of nitrogens with one attached hydrogen (secondary N) is 2. The quantitative estimate of drug-likeness (QED) is 0.809. The molecule has 1 aliphatic heterocycles. The molecular weight excluding hydrogens is 216 g/mol. The summed E-state index contributed by atoms with van der Waals surface area (Å²) in [5, 5.41) is 5.94. The molecule has 2 N–H and O–H groups in total. The first kappa shape index (κ1) is 12.1. The number of anilines is 1. The topological polar surface area (TPSA) is 50.4 Å². The standard InChI is InChI=1S/C13H18N2O2/c16-13(15-11-5-2-1-3-6-11)10-14-9-12-7-4-8-17-12/h1-3,5-6,12,14H,4,7-10H2,(H,15,16)/t12-/m1/s1. The zero-order valence-electron chi connectivity index (χ0n) is 9.82. The van der Waals surface area contributed by atoms with Crippen LogP contribution in [0.1, 0.15) is 12.8 Å². The van der Waals surface area contributed by atoms with Crippen molar-refractivity contribution in [3.8, 4) is 0 Å². The molecule has 4 heteroatoms. The molecule has 1 aliphatic rings. The lowest BCUT2D eigenvalue weighted by molar-refractivity contribution is -0.115. The van der Waals surface area contributed by atoms with Gasteiger partial charge in [-0.05, 0) is 25.0 Å². The number of hydrogen-bond acceptors (Lipinski definition) is 3. The second kappa shape index (κ2) is 6.37. The molecule has 4 nitrogen and oxygen atoms in total. The summed E-state index contributed by atoms with van der Waals surface area (Å²) in [6.07, 6.45) is 2.50. The second-order valence-electron chi connectivity index (χ2n) is 4.18. The van der Waals surface area contributed by atoms with Crippen molar-refractivity contribution < 1.29 is 9.53 Å². The Bertz CT molecular complexity index is 348. The predicted molar refractivity (Wildman–Crippen MR) is 66.9 cm³/mol. The summed E-state index contributed by atoms with van der Waals surface area (Å²) in [5.41, 5.74) is 0.830. The highest BCUT2D eigenvalue weighted by Gasteiger charge is 2.14. The SMILES string of the molecule is O=C(CNC[C@H]1CCCO1)Nc1ccccc1. The molecule has 0 saturated carbocycles. The predicted octanol–water partition coefficient (Wildman–Crippen LogP) is 1.39. The van der Waals surface area contributed by atoms with Gasteiger partial charge in [0.1, 0.15) is 0 Å². The Labute approximate surface area is 101 Å². The maximum absolute atomic E-state index is 11.6. The fourth-order valence-corrected chi connectivity index (χ4v) is 1.88. The van der Waals surface area contributed by atoms with Crippen molar-refractivity contribution in [2.24, 2.45) is 0 Å². The third-order valence-electron chi connectivity index (χ3n) is 2.74. The van der Waals surface area contributed by atoms with Crippen LogP contribution in [0.3, 0.4) is 0 Å². The van der Waals surface area contributed by atoms with Crippen LogP contribution in [0.5, 0.6) is 0 Å². The first-order chi connectivity index (χ1) is 8.34. The van der Waals surface area contributed by atoms with Gasteiger partial charge in [-0.2, -0.15) is 0 Å². The van der Waals surface area contributed by atoms with E-state index in [1.54, 1.807) is 0 Å². The van der Waals surface area contributed by atoms with Gasteiger partial charge < -0.3 is 15.4 Å². The molecule has 1 aromatic carbocycles. The average Bonchev–Trinajstić information content (AvgIpc) is 2.83. The van der Waals surface area contributed by atoms with Crippen LogP contribution in [0.4, 0.5) is 5.69 Å². The third kappa shape index (κ3) is 4.17. The highest BCUT2D eigenvalue weighted by Crippen LogP contribution is 2.10. The molecule has 1 atom stereocenters. The summed E-state index contributed by atoms with van der Waals surface area (Å²) in [6.45, 7) is 1.93. The third-order valence-corrected chi connectivity index (χ3v) is 2.74. The van der Waals surface area contributed by atoms with Crippen molar-refractivity contribution in [1.82, 2.24) is 5.32 Å². The highest BCUT2D eigenvalue weighted by molar-refractivity contribution is 5.92. The van der Waals surface area contributed by atoms with Gasteiger partial charge in [0.2, 0.25) is 5.91 Å². The van der Waals surface area contributed by atoms with E-state index in [9.17, 15) is 4.79 Å². The molecule has 1 heterocycles. The average molecular weight is 234 g/mol. The van der Waals surface area contributed by atoms with Gasteiger partial charge in [-0.25, -0.2) is 0 Å². The Balaban J connectivity index is 1.64. The fourth-order valence-electron chi connectivity index (χ4n) is 1.88. The molecule has 0 spiro atoms. The lowest BCUT2D eigenvalue weighted by atomic mass is 10.2. The number of benzene rings is 1. The zero-order valence-corrected chi connectivity index (χ0v) is 9.82. The van der Waals surface area contributed by atoms with Crippen LogP contribution >= 0.6 is 0 Å². The summed E-state index contributed by atoms with van der Waals surface area (Å²) >= 11 is 0. The van der Waals surface area contributed by atoms with Crippen LogP contribution in [0.25, 0.3) is 0 Å². The van der Waals surface area contributed by atoms with Gasteiger partial charge in [-0.1, -0.05) is 18.2 Å². The van der Waals surface area contributed by atoms with E-state index < -0.39 is 0 Å². The van der Waals surface area contributed by atoms with E-state index in [4.69, 9.17) is 4.74 Å². The Kier molecular flexibility index (Phi) is 4.53. The first-order valence-electron chi connectivity index (χ1n) is 6.02. The summed E-state index contributed by atoms with van der Waals surface area (Å²) in [6, 6.07) is 9.46. The summed E-state index contributed by atoms with van der Waals surface area (Å²) < 4.78 is 5.46. The van der Waals surface area contributed by atoms with Gasteiger partial charge in [0, 0.05) is 18.8 Å². The molecule has 1 fully saturated rings. The number of para-hydroxylation sites is 1. The van der Waals surface area contributed by atoms with Crippen LogP contribution in [-0.2, 0) is 9.53 Å². The number of carbonyl (C=O) groups is 1. The van der Waals surface area contributed by atoms with Crippen molar-refractivity contribution in [3.05, 3.63) is 30.3 Å². The molecule has 17 heavy (non-hydrogen) atoms. The molecule has 1 saturated heterocycles. The van der Waals surface area contributed by atoms with E-state index in [-0.39, 0.29) is 12.0 Å². The molecule has 0 unspecified atom stereocenters. The zero-order chi connectivity index (χ0) is 11.9. The molecule has 0 aliphatic carbocycles. The Morgan fingerprint density at radius 2 is 2.18 bits per heavy atom. The van der Waals surface area contributed by atoms with E-state index in [1.165, 1.54) is 0 Å². The van der Waals surface area contributed by atoms with Gasteiger partial charge in [0.15, 0.2) is 0 Å². The van der Waals surface area contributed by atoms with Crippen molar-refractivity contribution in [3.63, 3.8) is 0 Å². The minimum Gasteiger partial charge on any atom is -0.377 e. The van der Waals surface area contributed by atoms with E-state index in [0.29, 0.717) is 6.54 Å². The van der Waals surface area contributed by atoms with Crippen LogP contribution in [0, 0.1) is 0 Å². The molecule has 0 bridgehead atoms. The summed E-state index contributed by atoms with van der Waals surface area (Å²) in [5.74, 6) is -0.0193. The summed E-state index contributed by atoms with van der Waals surface area (Å²) in [4.78, 5) is 11.6. The first-order valence-corrected chi connectivity index (χ1v) is 6.02. The number of carbonyl (C=O) groups excluding carboxylic acids is 1. The monoisotopic (exact) mass is 234 g/mol. The molecule has 1 aromatic rings. The highest BCUT2D eigenvalue weighted by atomic mass is 16.5. The molecule has 2 rings (SSSR count). The molecule has 0 aromatic heterocycles. The molecule has 0 radical (unpaired) electrons. The van der Waals surface area contributed by atoms with Crippen molar-refractivity contribution in [2.75, 3.05) is 25.0 Å². The normalized spacial score (nSPS) is 19.2. The largest absolute Gasteiger partial charge is 0.377 e. The van der Waals surface area contributed by atoms with Crippen LogP contribution < -0.4 is 10.6 Å². The fraction of sp³-hybridized carbons (Fsp3) is 0.462. The van der Waals surface area contributed by atoms with Crippen LogP contribution in [-0.4, -0.2) is 31.7 Å². The van der Waals surface area contributed by atoms with Crippen molar-refractivity contribution in [1.29, 1.82) is 0 Å².